The topological polar surface area (TPSA) is 44.5 Å². The highest BCUT2D eigenvalue weighted by atomic mass is 19.4. The zero-order valence-corrected chi connectivity index (χ0v) is 11.2. The molecule has 1 aromatic carbocycles. The van der Waals surface area contributed by atoms with Crippen LogP contribution in [0.3, 0.4) is 0 Å². The van der Waals surface area contributed by atoms with Crippen LogP contribution in [0.1, 0.15) is 25.3 Å². The fraction of sp³-hybridized carbons (Fsp3) is 0.571. The minimum absolute atomic E-state index is 0.114. The van der Waals surface area contributed by atoms with Gasteiger partial charge in [-0.05, 0) is 24.6 Å². The Bertz CT molecular complexity index is 450. The second-order valence-corrected chi connectivity index (χ2v) is 4.92. The average molecular weight is 289 g/mol. The van der Waals surface area contributed by atoms with Gasteiger partial charge in [0.1, 0.15) is 18.0 Å². The second kappa shape index (κ2) is 6.01. The van der Waals surface area contributed by atoms with E-state index in [9.17, 15) is 13.2 Å². The molecular formula is C14H18F3NO2. The van der Waals surface area contributed by atoms with Gasteiger partial charge in [0.05, 0.1) is 5.56 Å². The number of ether oxygens (including phenoxy) is 2. The molecule has 0 aromatic heterocycles. The molecule has 0 heterocycles. The molecule has 2 N–H and O–H groups in total. The van der Waals surface area contributed by atoms with Crippen LogP contribution in [0.4, 0.5) is 13.2 Å². The van der Waals surface area contributed by atoms with Gasteiger partial charge in [-0.15, -0.1) is 0 Å². The van der Waals surface area contributed by atoms with Crippen molar-refractivity contribution in [3.05, 3.63) is 29.8 Å². The zero-order chi connectivity index (χ0) is 14.8. The van der Waals surface area contributed by atoms with E-state index in [1.54, 1.807) is 0 Å². The molecule has 3 atom stereocenters. The van der Waals surface area contributed by atoms with Crippen LogP contribution < -0.4 is 10.5 Å². The van der Waals surface area contributed by atoms with Gasteiger partial charge < -0.3 is 15.2 Å². The third-order valence-corrected chi connectivity index (χ3v) is 3.26. The van der Waals surface area contributed by atoms with Crippen LogP contribution in [0.5, 0.6) is 5.75 Å². The number of halogens is 3. The van der Waals surface area contributed by atoms with Gasteiger partial charge >= 0.3 is 6.18 Å². The maximum Gasteiger partial charge on any atom is 0.416 e. The molecule has 1 saturated carbocycles. The molecule has 0 saturated heterocycles. The first kappa shape index (κ1) is 15.1. The van der Waals surface area contributed by atoms with Crippen molar-refractivity contribution in [3.8, 4) is 5.75 Å². The predicted octanol–water partition coefficient (Wildman–Crippen LogP) is 2.98. The van der Waals surface area contributed by atoms with Crippen molar-refractivity contribution < 1.29 is 22.6 Å². The van der Waals surface area contributed by atoms with E-state index in [4.69, 9.17) is 15.2 Å². The molecule has 1 fully saturated rings. The Hall–Kier alpha value is -1.27. The summed E-state index contributed by atoms with van der Waals surface area (Å²) in [6.07, 6.45) is -3.44. The Morgan fingerprint density at radius 2 is 2.10 bits per heavy atom. The summed E-state index contributed by atoms with van der Waals surface area (Å²) in [6.45, 7) is 2.55. The van der Waals surface area contributed by atoms with Gasteiger partial charge in [-0.25, -0.2) is 0 Å². The van der Waals surface area contributed by atoms with Crippen molar-refractivity contribution in [2.75, 3.05) is 6.61 Å². The quantitative estimate of drug-likeness (QED) is 0.906. The molecule has 3 unspecified atom stereocenters. The molecule has 0 amide bonds. The van der Waals surface area contributed by atoms with Crippen LogP contribution in [0.15, 0.2) is 24.3 Å². The predicted molar refractivity (Wildman–Crippen MR) is 68.5 cm³/mol. The molecule has 6 heteroatoms. The van der Waals surface area contributed by atoms with Crippen LogP contribution in [0.25, 0.3) is 0 Å². The van der Waals surface area contributed by atoms with Gasteiger partial charge in [0.25, 0.3) is 0 Å². The van der Waals surface area contributed by atoms with Crippen molar-refractivity contribution >= 4 is 0 Å². The molecule has 1 aromatic rings. The van der Waals surface area contributed by atoms with Gasteiger partial charge in [-0.3, -0.25) is 0 Å². The molecule has 0 bridgehead atoms. The van der Waals surface area contributed by atoms with Crippen LogP contribution in [0, 0.1) is 0 Å². The third kappa shape index (κ3) is 3.43. The fourth-order valence-electron chi connectivity index (χ4n) is 2.14. The van der Waals surface area contributed by atoms with Crippen LogP contribution in [-0.2, 0) is 10.9 Å². The van der Waals surface area contributed by atoms with Gasteiger partial charge in [0, 0.05) is 19.1 Å². The maximum absolute atomic E-state index is 12.6. The molecule has 2 rings (SSSR count). The summed E-state index contributed by atoms with van der Waals surface area (Å²) >= 11 is 0. The van der Waals surface area contributed by atoms with Crippen molar-refractivity contribution in [2.24, 2.45) is 5.73 Å². The first-order valence-electron chi connectivity index (χ1n) is 6.63. The van der Waals surface area contributed by atoms with E-state index in [2.05, 4.69) is 0 Å². The molecule has 3 nitrogen and oxygen atoms in total. The van der Waals surface area contributed by atoms with E-state index < -0.39 is 11.7 Å². The molecule has 0 radical (unpaired) electrons. The Kier molecular flexibility index (Phi) is 4.55. The standard InChI is InChI=1S/C14H18F3NO2/c1-2-6-19-13-11(18)8-12(13)20-10-5-3-4-9(7-10)14(15,16)17/h3-5,7,11-13H,2,6,8,18H2,1H3. The van der Waals surface area contributed by atoms with E-state index in [-0.39, 0.29) is 24.0 Å². The van der Waals surface area contributed by atoms with Gasteiger partial charge in [0.15, 0.2) is 0 Å². The number of hydrogen-bond acceptors (Lipinski definition) is 3. The van der Waals surface area contributed by atoms with Crippen LogP contribution >= 0.6 is 0 Å². The normalized spacial score (nSPS) is 26.1. The van der Waals surface area contributed by atoms with Gasteiger partial charge in [-0.1, -0.05) is 13.0 Å². The maximum atomic E-state index is 12.6. The summed E-state index contributed by atoms with van der Waals surface area (Å²) in [7, 11) is 0. The lowest BCUT2D eigenvalue weighted by Gasteiger charge is -2.41. The van der Waals surface area contributed by atoms with Crippen LogP contribution in [-0.4, -0.2) is 24.9 Å². The smallest absolute Gasteiger partial charge is 0.416 e. The van der Waals surface area contributed by atoms with Crippen molar-refractivity contribution in [3.63, 3.8) is 0 Å². The van der Waals surface area contributed by atoms with Crippen molar-refractivity contribution in [2.45, 2.75) is 44.2 Å². The minimum Gasteiger partial charge on any atom is -0.488 e. The SMILES string of the molecule is CCCOC1C(N)CC1Oc1cccc(C(F)(F)F)c1. The summed E-state index contributed by atoms with van der Waals surface area (Å²) in [5.74, 6) is 0.196. The highest BCUT2D eigenvalue weighted by Crippen LogP contribution is 2.33. The first-order valence-corrected chi connectivity index (χ1v) is 6.63. The summed E-state index contributed by atoms with van der Waals surface area (Å²) in [4.78, 5) is 0. The Morgan fingerprint density at radius 3 is 2.70 bits per heavy atom. The van der Waals surface area contributed by atoms with E-state index >= 15 is 0 Å². The zero-order valence-electron chi connectivity index (χ0n) is 11.2. The molecular weight excluding hydrogens is 271 g/mol. The van der Waals surface area contributed by atoms with Crippen molar-refractivity contribution in [1.29, 1.82) is 0 Å². The molecule has 112 valence electrons. The van der Waals surface area contributed by atoms with E-state index in [0.29, 0.717) is 13.0 Å². The Morgan fingerprint density at radius 1 is 1.35 bits per heavy atom. The summed E-state index contributed by atoms with van der Waals surface area (Å²) in [5, 5.41) is 0. The monoisotopic (exact) mass is 289 g/mol. The number of nitrogens with two attached hydrogens (primary N) is 1. The summed E-state index contributed by atoms with van der Waals surface area (Å²) < 4.78 is 48.9. The number of hydrogen-bond donors (Lipinski definition) is 1. The molecule has 20 heavy (non-hydrogen) atoms. The third-order valence-electron chi connectivity index (χ3n) is 3.26. The second-order valence-electron chi connectivity index (χ2n) is 4.92. The van der Waals surface area contributed by atoms with Crippen molar-refractivity contribution in [1.82, 2.24) is 0 Å². The van der Waals surface area contributed by atoms with E-state index in [0.717, 1.165) is 18.6 Å². The Balaban J connectivity index is 2.00. The average Bonchev–Trinajstić information content (AvgIpc) is 2.38. The lowest BCUT2D eigenvalue weighted by Crippen LogP contribution is -2.59. The molecule has 1 aliphatic carbocycles. The lowest BCUT2D eigenvalue weighted by atomic mass is 9.86. The minimum atomic E-state index is -4.37. The van der Waals surface area contributed by atoms with E-state index in [1.807, 2.05) is 6.92 Å². The highest BCUT2D eigenvalue weighted by molar-refractivity contribution is 5.30. The lowest BCUT2D eigenvalue weighted by molar-refractivity contribution is -0.138. The highest BCUT2D eigenvalue weighted by Gasteiger charge is 2.41. The van der Waals surface area contributed by atoms with Gasteiger partial charge in [0.2, 0.25) is 0 Å². The van der Waals surface area contributed by atoms with Crippen LogP contribution in [0.2, 0.25) is 0 Å². The number of benzene rings is 1. The number of rotatable bonds is 5. The van der Waals surface area contributed by atoms with Gasteiger partial charge in [-0.2, -0.15) is 13.2 Å². The largest absolute Gasteiger partial charge is 0.488 e. The fourth-order valence-corrected chi connectivity index (χ4v) is 2.14. The first-order chi connectivity index (χ1) is 9.41. The van der Waals surface area contributed by atoms with E-state index in [1.165, 1.54) is 12.1 Å². The summed E-state index contributed by atoms with van der Waals surface area (Å²) in [6, 6.07) is 4.75. The number of alkyl halides is 3. The molecule has 0 aliphatic heterocycles. The molecule has 0 spiro atoms. The Labute approximate surface area is 115 Å². The molecule has 1 aliphatic rings. The summed E-state index contributed by atoms with van der Waals surface area (Å²) in [5.41, 5.74) is 5.10.